The average Bonchev–Trinajstić information content (AvgIpc) is 2.76. The van der Waals surface area contributed by atoms with Crippen LogP contribution in [0, 0.1) is 17.8 Å². The van der Waals surface area contributed by atoms with Crippen LogP contribution < -0.4 is 5.32 Å². The van der Waals surface area contributed by atoms with Crippen LogP contribution in [0.2, 0.25) is 0 Å². The van der Waals surface area contributed by atoms with E-state index in [0.29, 0.717) is 38.5 Å². The van der Waals surface area contributed by atoms with Crippen LogP contribution in [0.3, 0.4) is 0 Å². The summed E-state index contributed by atoms with van der Waals surface area (Å²) in [4.78, 5) is 23.0. The fourth-order valence-corrected chi connectivity index (χ4v) is 2.50. The number of nitrogens with one attached hydrogen (secondary N) is 1. The quantitative estimate of drug-likeness (QED) is 0.516. The zero-order chi connectivity index (χ0) is 14.3. The Morgan fingerprint density at radius 1 is 1.37 bits per heavy atom. The summed E-state index contributed by atoms with van der Waals surface area (Å²) in [6, 6.07) is 0. The molecular formula is C14H23NO4. The van der Waals surface area contributed by atoms with Gasteiger partial charge < -0.3 is 15.2 Å². The first kappa shape index (κ1) is 15.7. The zero-order valence-corrected chi connectivity index (χ0v) is 11.4. The van der Waals surface area contributed by atoms with Gasteiger partial charge >= 0.3 is 5.97 Å². The molecule has 0 aromatic rings. The Morgan fingerprint density at radius 2 is 2.05 bits per heavy atom. The van der Waals surface area contributed by atoms with Crippen molar-refractivity contribution in [3.05, 3.63) is 12.7 Å². The van der Waals surface area contributed by atoms with Gasteiger partial charge in [-0.1, -0.05) is 13.0 Å². The smallest absolute Gasteiger partial charge is 0.307 e. The van der Waals surface area contributed by atoms with E-state index in [1.165, 1.54) is 0 Å². The molecule has 1 aliphatic rings. The molecule has 5 heteroatoms. The fourth-order valence-electron chi connectivity index (χ4n) is 2.50. The van der Waals surface area contributed by atoms with Gasteiger partial charge in [-0.3, -0.25) is 9.59 Å². The molecule has 0 aromatic carbocycles. The molecule has 0 aliphatic heterocycles. The fraction of sp³-hybridized carbons (Fsp3) is 0.714. The van der Waals surface area contributed by atoms with E-state index in [9.17, 15) is 9.59 Å². The lowest BCUT2D eigenvalue weighted by Crippen LogP contribution is -2.36. The van der Waals surface area contributed by atoms with Gasteiger partial charge in [0.25, 0.3) is 0 Å². The van der Waals surface area contributed by atoms with Crippen LogP contribution >= 0.6 is 0 Å². The van der Waals surface area contributed by atoms with Crippen molar-refractivity contribution in [3.8, 4) is 0 Å². The second-order valence-electron chi connectivity index (χ2n) is 5.11. The molecular weight excluding hydrogens is 246 g/mol. The molecule has 0 bridgehead atoms. The van der Waals surface area contributed by atoms with Crippen molar-refractivity contribution in [2.24, 2.45) is 17.8 Å². The molecule has 0 radical (unpaired) electrons. The summed E-state index contributed by atoms with van der Waals surface area (Å²) in [5.41, 5.74) is 0. The molecule has 108 valence electrons. The second-order valence-corrected chi connectivity index (χ2v) is 5.11. The maximum Gasteiger partial charge on any atom is 0.307 e. The van der Waals surface area contributed by atoms with E-state index in [1.54, 1.807) is 6.08 Å². The SMILES string of the molecule is C=CCCOCCNC(=O)[C@H]1CC(C)C[C@H]1C(=O)O. The third-order valence-corrected chi connectivity index (χ3v) is 3.46. The topological polar surface area (TPSA) is 75.6 Å². The third-order valence-electron chi connectivity index (χ3n) is 3.46. The van der Waals surface area contributed by atoms with E-state index < -0.39 is 17.8 Å². The van der Waals surface area contributed by atoms with Gasteiger partial charge in [-0.05, 0) is 25.2 Å². The van der Waals surface area contributed by atoms with Crippen LogP contribution in [-0.2, 0) is 14.3 Å². The van der Waals surface area contributed by atoms with Crippen molar-refractivity contribution in [3.63, 3.8) is 0 Å². The molecule has 0 aromatic heterocycles. The highest BCUT2D eigenvalue weighted by molar-refractivity contribution is 5.85. The Labute approximate surface area is 114 Å². The summed E-state index contributed by atoms with van der Waals surface area (Å²) in [6.07, 6.45) is 3.80. The number of ether oxygens (including phenoxy) is 1. The van der Waals surface area contributed by atoms with Crippen molar-refractivity contribution < 1.29 is 19.4 Å². The lowest BCUT2D eigenvalue weighted by molar-refractivity contribution is -0.146. The minimum atomic E-state index is -0.869. The molecule has 2 N–H and O–H groups in total. The molecule has 0 spiro atoms. The largest absolute Gasteiger partial charge is 0.481 e. The molecule has 1 aliphatic carbocycles. The molecule has 1 amide bonds. The molecule has 1 unspecified atom stereocenters. The molecule has 5 nitrogen and oxygen atoms in total. The predicted octanol–water partition coefficient (Wildman–Crippen LogP) is 1.44. The van der Waals surface area contributed by atoms with Gasteiger partial charge in [-0.15, -0.1) is 6.58 Å². The van der Waals surface area contributed by atoms with Crippen molar-refractivity contribution in [2.45, 2.75) is 26.2 Å². The first-order chi connectivity index (χ1) is 9.06. The van der Waals surface area contributed by atoms with Crippen LogP contribution in [0.25, 0.3) is 0 Å². The number of rotatable bonds is 8. The Bertz CT molecular complexity index is 329. The number of hydrogen-bond acceptors (Lipinski definition) is 3. The Morgan fingerprint density at radius 3 is 2.68 bits per heavy atom. The van der Waals surface area contributed by atoms with Gasteiger partial charge in [-0.2, -0.15) is 0 Å². The van der Waals surface area contributed by atoms with Crippen LogP contribution in [0.4, 0.5) is 0 Å². The van der Waals surface area contributed by atoms with Crippen molar-refractivity contribution in [2.75, 3.05) is 19.8 Å². The molecule has 1 saturated carbocycles. The summed E-state index contributed by atoms with van der Waals surface area (Å²) in [6.45, 7) is 7.04. The lowest BCUT2D eigenvalue weighted by Gasteiger charge is -2.15. The Hall–Kier alpha value is -1.36. The zero-order valence-electron chi connectivity index (χ0n) is 11.4. The number of carboxylic acid groups (broad SMARTS) is 1. The van der Waals surface area contributed by atoms with E-state index in [4.69, 9.17) is 9.84 Å². The first-order valence-electron chi connectivity index (χ1n) is 6.75. The minimum Gasteiger partial charge on any atom is -0.481 e. The molecule has 1 fully saturated rings. The highest BCUT2D eigenvalue weighted by Crippen LogP contribution is 2.36. The van der Waals surface area contributed by atoms with Crippen LogP contribution in [0.15, 0.2) is 12.7 Å². The monoisotopic (exact) mass is 269 g/mol. The van der Waals surface area contributed by atoms with E-state index in [1.807, 2.05) is 6.92 Å². The highest BCUT2D eigenvalue weighted by Gasteiger charge is 2.40. The van der Waals surface area contributed by atoms with Gasteiger partial charge in [0.15, 0.2) is 0 Å². The van der Waals surface area contributed by atoms with E-state index in [0.717, 1.165) is 6.42 Å². The van der Waals surface area contributed by atoms with Gasteiger partial charge in [-0.25, -0.2) is 0 Å². The average molecular weight is 269 g/mol. The maximum atomic E-state index is 11.9. The molecule has 0 heterocycles. The molecule has 19 heavy (non-hydrogen) atoms. The molecule has 3 atom stereocenters. The van der Waals surface area contributed by atoms with E-state index >= 15 is 0 Å². The van der Waals surface area contributed by atoms with Gasteiger partial charge in [0.1, 0.15) is 0 Å². The minimum absolute atomic E-state index is 0.163. The standard InChI is InChI=1S/C14H23NO4/c1-3-4-6-19-7-5-15-13(16)11-8-10(2)9-12(11)14(17)18/h3,10-12H,1,4-9H2,2H3,(H,15,16)(H,17,18)/t10?,11-,12+/m0/s1. The van der Waals surface area contributed by atoms with Crippen molar-refractivity contribution in [1.82, 2.24) is 5.32 Å². The molecule has 1 rings (SSSR count). The number of carboxylic acids is 1. The van der Waals surface area contributed by atoms with Crippen LogP contribution in [0.5, 0.6) is 0 Å². The summed E-state index contributed by atoms with van der Waals surface area (Å²) in [7, 11) is 0. The van der Waals surface area contributed by atoms with Crippen molar-refractivity contribution >= 4 is 11.9 Å². The normalized spacial score (nSPS) is 26.1. The number of amides is 1. The van der Waals surface area contributed by atoms with Crippen LogP contribution in [-0.4, -0.2) is 36.7 Å². The number of hydrogen-bond donors (Lipinski definition) is 2. The maximum absolute atomic E-state index is 11.9. The number of carbonyl (C=O) groups excluding carboxylic acids is 1. The van der Waals surface area contributed by atoms with Gasteiger partial charge in [0, 0.05) is 6.54 Å². The number of aliphatic carboxylic acids is 1. The summed E-state index contributed by atoms with van der Waals surface area (Å²) in [5.74, 6) is -1.69. The lowest BCUT2D eigenvalue weighted by atomic mass is 9.95. The summed E-state index contributed by atoms with van der Waals surface area (Å²) < 4.78 is 5.28. The summed E-state index contributed by atoms with van der Waals surface area (Å²) in [5, 5.41) is 11.9. The Kier molecular flexibility index (Phi) is 6.56. The summed E-state index contributed by atoms with van der Waals surface area (Å²) >= 11 is 0. The predicted molar refractivity (Wildman–Crippen MR) is 71.7 cm³/mol. The second kappa shape index (κ2) is 7.94. The third kappa shape index (κ3) is 5.03. The first-order valence-corrected chi connectivity index (χ1v) is 6.75. The van der Waals surface area contributed by atoms with Gasteiger partial charge in [0.05, 0.1) is 25.0 Å². The highest BCUT2D eigenvalue weighted by atomic mass is 16.5. The van der Waals surface area contributed by atoms with Gasteiger partial charge in [0.2, 0.25) is 5.91 Å². The number of carbonyl (C=O) groups is 2. The van der Waals surface area contributed by atoms with Crippen molar-refractivity contribution in [1.29, 1.82) is 0 Å². The van der Waals surface area contributed by atoms with E-state index in [2.05, 4.69) is 11.9 Å². The molecule has 0 saturated heterocycles. The van der Waals surface area contributed by atoms with Crippen LogP contribution in [0.1, 0.15) is 26.2 Å². The Balaban J connectivity index is 2.28. The van der Waals surface area contributed by atoms with E-state index in [-0.39, 0.29) is 5.91 Å².